The van der Waals surface area contributed by atoms with Gasteiger partial charge in [0.2, 0.25) is 0 Å². The predicted octanol–water partition coefficient (Wildman–Crippen LogP) is 1.33. The van der Waals surface area contributed by atoms with Crippen LogP contribution in [0.2, 0.25) is 0 Å². The molecule has 21 heavy (non-hydrogen) atoms. The Bertz CT molecular complexity index is 639. The maximum absolute atomic E-state index is 12.2. The van der Waals surface area contributed by atoms with E-state index >= 15 is 0 Å². The maximum Gasteiger partial charge on any atom is 0.276 e. The van der Waals surface area contributed by atoms with E-state index in [1.165, 1.54) is 17.7 Å². The number of aryl methyl sites for hydroxylation is 1. The lowest BCUT2D eigenvalue weighted by atomic mass is 10.3. The zero-order valence-electron chi connectivity index (χ0n) is 11.6. The molecule has 3 heterocycles. The molecule has 1 aliphatic rings. The molecule has 2 aromatic heterocycles. The summed E-state index contributed by atoms with van der Waals surface area (Å²) >= 11 is 1.39. The largest absolute Gasteiger partial charge is 0.378 e. The first-order valence-electron chi connectivity index (χ1n) is 6.60. The van der Waals surface area contributed by atoms with Crippen molar-refractivity contribution in [3.63, 3.8) is 0 Å². The van der Waals surface area contributed by atoms with E-state index in [0.29, 0.717) is 24.0 Å². The van der Waals surface area contributed by atoms with E-state index in [1.54, 1.807) is 6.07 Å². The molecule has 0 unspecified atom stereocenters. The van der Waals surface area contributed by atoms with Crippen LogP contribution >= 0.6 is 11.3 Å². The molecule has 0 aromatic carbocycles. The van der Waals surface area contributed by atoms with E-state index in [4.69, 9.17) is 4.74 Å². The van der Waals surface area contributed by atoms with E-state index in [2.05, 4.69) is 25.2 Å². The summed E-state index contributed by atoms with van der Waals surface area (Å²) < 4.78 is 5.31. The van der Waals surface area contributed by atoms with Gasteiger partial charge in [0.25, 0.3) is 5.91 Å². The van der Waals surface area contributed by atoms with Crippen molar-refractivity contribution in [3.05, 3.63) is 29.2 Å². The second kappa shape index (κ2) is 6.15. The Balaban J connectivity index is 1.74. The predicted molar refractivity (Wildman–Crippen MR) is 79.9 cm³/mol. The SMILES string of the molecule is Cc1csc(NC(=O)c2cc(N3CCOCC3)ncn2)n1. The summed E-state index contributed by atoms with van der Waals surface area (Å²) in [5.74, 6) is 0.468. The van der Waals surface area contributed by atoms with Gasteiger partial charge in [-0.05, 0) is 6.92 Å². The monoisotopic (exact) mass is 305 g/mol. The molecule has 2 aromatic rings. The number of amides is 1. The third-order valence-electron chi connectivity index (χ3n) is 3.06. The average molecular weight is 305 g/mol. The number of anilines is 2. The molecule has 0 radical (unpaired) electrons. The zero-order valence-corrected chi connectivity index (χ0v) is 12.4. The topological polar surface area (TPSA) is 80.2 Å². The van der Waals surface area contributed by atoms with Crippen LogP contribution in [0.4, 0.5) is 10.9 Å². The second-order valence-electron chi connectivity index (χ2n) is 4.61. The fourth-order valence-electron chi connectivity index (χ4n) is 2.01. The van der Waals surface area contributed by atoms with Gasteiger partial charge in [0, 0.05) is 24.5 Å². The molecule has 1 saturated heterocycles. The zero-order chi connectivity index (χ0) is 14.7. The number of morpholine rings is 1. The third kappa shape index (κ3) is 3.34. The summed E-state index contributed by atoms with van der Waals surface area (Å²) in [5, 5.41) is 5.20. The molecule has 1 aliphatic heterocycles. The van der Waals surface area contributed by atoms with E-state index < -0.39 is 0 Å². The van der Waals surface area contributed by atoms with Crippen molar-refractivity contribution in [2.75, 3.05) is 36.5 Å². The molecule has 8 heteroatoms. The number of nitrogens with zero attached hydrogens (tertiary/aromatic N) is 4. The standard InChI is InChI=1S/C13H15N5O2S/c1-9-7-21-13(16-9)17-12(19)10-6-11(15-8-14-10)18-2-4-20-5-3-18/h6-8H,2-5H2,1H3,(H,16,17,19). The number of carbonyl (C=O) groups is 1. The quantitative estimate of drug-likeness (QED) is 0.921. The molecule has 0 saturated carbocycles. The number of hydrogen-bond donors (Lipinski definition) is 1. The number of carbonyl (C=O) groups excluding carboxylic acids is 1. The van der Waals surface area contributed by atoms with Crippen molar-refractivity contribution in [3.8, 4) is 0 Å². The lowest BCUT2D eigenvalue weighted by Gasteiger charge is -2.27. The Morgan fingerprint density at radius 1 is 1.38 bits per heavy atom. The van der Waals surface area contributed by atoms with Gasteiger partial charge in [0.1, 0.15) is 17.8 Å². The Kier molecular flexibility index (Phi) is 4.07. The van der Waals surface area contributed by atoms with Gasteiger partial charge in [-0.25, -0.2) is 15.0 Å². The number of ether oxygens (including phenoxy) is 1. The molecule has 0 aliphatic carbocycles. The van der Waals surface area contributed by atoms with Crippen LogP contribution in [0, 0.1) is 6.92 Å². The fraction of sp³-hybridized carbons (Fsp3) is 0.385. The van der Waals surface area contributed by atoms with Gasteiger partial charge in [-0.3, -0.25) is 10.1 Å². The normalized spacial score (nSPS) is 15.0. The van der Waals surface area contributed by atoms with Gasteiger partial charge in [0.15, 0.2) is 5.13 Å². The summed E-state index contributed by atoms with van der Waals surface area (Å²) in [6, 6.07) is 1.70. The summed E-state index contributed by atoms with van der Waals surface area (Å²) in [5.41, 5.74) is 1.21. The van der Waals surface area contributed by atoms with Crippen molar-refractivity contribution in [2.24, 2.45) is 0 Å². The van der Waals surface area contributed by atoms with Gasteiger partial charge < -0.3 is 9.64 Å². The number of nitrogens with one attached hydrogen (secondary N) is 1. The molecule has 1 amide bonds. The van der Waals surface area contributed by atoms with Crippen molar-refractivity contribution < 1.29 is 9.53 Å². The van der Waals surface area contributed by atoms with Crippen LogP contribution in [-0.4, -0.2) is 47.2 Å². The van der Waals surface area contributed by atoms with Crippen molar-refractivity contribution >= 4 is 28.2 Å². The lowest BCUT2D eigenvalue weighted by molar-refractivity contribution is 0.102. The van der Waals surface area contributed by atoms with E-state index in [0.717, 1.165) is 24.6 Å². The summed E-state index contributed by atoms with van der Waals surface area (Å²) in [7, 11) is 0. The van der Waals surface area contributed by atoms with Gasteiger partial charge in [0.05, 0.1) is 18.9 Å². The molecular weight excluding hydrogens is 290 g/mol. The van der Waals surface area contributed by atoms with Crippen LogP contribution in [0.25, 0.3) is 0 Å². The van der Waals surface area contributed by atoms with Crippen LogP contribution in [-0.2, 0) is 4.74 Å². The smallest absolute Gasteiger partial charge is 0.276 e. The van der Waals surface area contributed by atoms with Crippen LogP contribution in [0.1, 0.15) is 16.2 Å². The van der Waals surface area contributed by atoms with E-state index in [1.807, 2.05) is 12.3 Å². The van der Waals surface area contributed by atoms with Crippen LogP contribution < -0.4 is 10.2 Å². The highest BCUT2D eigenvalue weighted by Gasteiger charge is 2.16. The van der Waals surface area contributed by atoms with Crippen LogP contribution in [0.15, 0.2) is 17.8 Å². The minimum atomic E-state index is -0.277. The Labute approximate surface area is 126 Å². The van der Waals surface area contributed by atoms with Gasteiger partial charge >= 0.3 is 0 Å². The minimum absolute atomic E-state index is 0.277. The highest BCUT2D eigenvalue weighted by molar-refractivity contribution is 7.13. The van der Waals surface area contributed by atoms with Gasteiger partial charge in [-0.2, -0.15) is 0 Å². The molecule has 1 fully saturated rings. The number of aromatic nitrogens is 3. The number of hydrogen-bond acceptors (Lipinski definition) is 7. The van der Waals surface area contributed by atoms with Crippen LogP contribution in [0.3, 0.4) is 0 Å². The first kappa shape index (κ1) is 13.9. The first-order chi connectivity index (χ1) is 10.2. The number of thiazole rings is 1. The highest BCUT2D eigenvalue weighted by Crippen LogP contribution is 2.17. The van der Waals surface area contributed by atoms with E-state index in [9.17, 15) is 4.79 Å². The van der Waals surface area contributed by atoms with Gasteiger partial charge in [-0.1, -0.05) is 0 Å². The molecule has 0 spiro atoms. The highest BCUT2D eigenvalue weighted by atomic mass is 32.1. The maximum atomic E-state index is 12.2. The minimum Gasteiger partial charge on any atom is -0.378 e. The lowest BCUT2D eigenvalue weighted by Crippen LogP contribution is -2.37. The fourth-order valence-corrected chi connectivity index (χ4v) is 2.69. The Morgan fingerprint density at radius 2 is 2.19 bits per heavy atom. The summed E-state index contributed by atoms with van der Waals surface area (Å²) in [4.78, 5) is 26.7. The molecule has 1 N–H and O–H groups in total. The second-order valence-corrected chi connectivity index (χ2v) is 5.47. The molecular formula is C13H15N5O2S. The van der Waals surface area contributed by atoms with Gasteiger partial charge in [-0.15, -0.1) is 11.3 Å². The van der Waals surface area contributed by atoms with E-state index in [-0.39, 0.29) is 5.91 Å². The molecule has 0 atom stereocenters. The van der Waals surface area contributed by atoms with Crippen molar-refractivity contribution in [2.45, 2.75) is 6.92 Å². The average Bonchev–Trinajstić information content (AvgIpc) is 2.93. The molecule has 110 valence electrons. The molecule has 0 bridgehead atoms. The summed E-state index contributed by atoms with van der Waals surface area (Å²) in [6.07, 6.45) is 1.41. The third-order valence-corrected chi connectivity index (χ3v) is 3.94. The Morgan fingerprint density at radius 3 is 2.90 bits per heavy atom. The molecule has 3 rings (SSSR count). The Hall–Kier alpha value is -2.06. The van der Waals surface area contributed by atoms with Crippen molar-refractivity contribution in [1.82, 2.24) is 15.0 Å². The molecule has 7 nitrogen and oxygen atoms in total. The summed E-state index contributed by atoms with van der Waals surface area (Å²) in [6.45, 7) is 4.76. The number of rotatable bonds is 3. The van der Waals surface area contributed by atoms with Crippen molar-refractivity contribution in [1.29, 1.82) is 0 Å². The first-order valence-corrected chi connectivity index (χ1v) is 7.48. The van der Waals surface area contributed by atoms with Crippen LogP contribution in [0.5, 0.6) is 0 Å².